The van der Waals surface area contributed by atoms with E-state index >= 15 is 0 Å². The van der Waals surface area contributed by atoms with Crippen molar-refractivity contribution in [2.45, 2.75) is 13.3 Å². The lowest BCUT2D eigenvalue weighted by molar-refractivity contribution is -0.141. The van der Waals surface area contributed by atoms with Crippen LogP contribution < -0.4 is 0 Å². The van der Waals surface area contributed by atoms with Crippen LogP contribution in [0, 0.1) is 11.8 Å². The second kappa shape index (κ2) is 5.69. The molecule has 74 valence electrons. The van der Waals surface area contributed by atoms with Gasteiger partial charge in [-0.2, -0.15) is 0 Å². The first-order valence-corrected chi connectivity index (χ1v) is 5.37. The van der Waals surface area contributed by atoms with Crippen molar-refractivity contribution >= 4 is 28.9 Å². The van der Waals surface area contributed by atoms with E-state index in [1.807, 2.05) is 11.4 Å². The number of halogens is 1. The number of carbonyl (C=O) groups is 1. The highest BCUT2D eigenvalue weighted by molar-refractivity contribution is 7.14. The van der Waals surface area contributed by atoms with Crippen LogP contribution in [0.5, 0.6) is 0 Å². The first-order chi connectivity index (χ1) is 6.74. The highest BCUT2D eigenvalue weighted by Crippen LogP contribution is 2.21. The summed E-state index contributed by atoms with van der Waals surface area (Å²) in [4.78, 5) is 10.9. The smallest absolute Gasteiger partial charge is 0.317 e. The van der Waals surface area contributed by atoms with Gasteiger partial charge in [-0.3, -0.25) is 4.79 Å². The van der Waals surface area contributed by atoms with Crippen LogP contribution >= 0.6 is 22.9 Å². The molecule has 1 aromatic rings. The van der Waals surface area contributed by atoms with Gasteiger partial charge in [0.1, 0.15) is 10.8 Å². The average Bonchev–Trinajstić information content (AvgIpc) is 2.52. The van der Waals surface area contributed by atoms with Crippen molar-refractivity contribution in [1.29, 1.82) is 0 Å². The molecule has 1 heterocycles. The van der Waals surface area contributed by atoms with Gasteiger partial charge < -0.3 is 4.74 Å². The van der Waals surface area contributed by atoms with Crippen molar-refractivity contribution in [2.24, 2.45) is 0 Å². The van der Waals surface area contributed by atoms with E-state index in [0.29, 0.717) is 10.9 Å². The summed E-state index contributed by atoms with van der Waals surface area (Å²) in [5.74, 6) is 5.22. The molecule has 0 aliphatic rings. The van der Waals surface area contributed by atoms with E-state index < -0.39 is 0 Å². The minimum absolute atomic E-state index is 0.111. The van der Waals surface area contributed by atoms with Gasteiger partial charge in [0.25, 0.3) is 0 Å². The Morgan fingerprint density at radius 1 is 1.71 bits per heavy atom. The predicted molar refractivity (Wildman–Crippen MR) is 57.5 cm³/mol. The molecule has 0 saturated heterocycles. The zero-order valence-corrected chi connectivity index (χ0v) is 9.24. The molecule has 0 amide bonds. The van der Waals surface area contributed by atoms with Gasteiger partial charge in [-0.05, 0) is 18.4 Å². The number of thiophene rings is 1. The van der Waals surface area contributed by atoms with Crippen LogP contribution in [-0.2, 0) is 9.53 Å². The summed E-state index contributed by atoms with van der Waals surface area (Å²) >= 11 is 7.24. The Morgan fingerprint density at radius 3 is 3.07 bits per heavy atom. The zero-order valence-electron chi connectivity index (χ0n) is 7.67. The number of carbonyl (C=O) groups excluding carboxylic acids is 1. The second-order valence-corrected chi connectivity index (χ2v) is 3.91. The van der Waals surface area contributed by atoms with Gasteiger partial charge in [-0.15, -0.1) is 11.3 Å². The third-order valence-corrected chi connectivity index (χ3v) is 2.55. The molecule has 4 heteroatoms. The fourth-order valence-corrected chi connectivity index (χ4v) is 1.64. The molecule has 1 rings (SSSR count). The molecule has 0 aliphatic heterocycles. The molecule has 0 bridgehead atoms. The summed E-state index contributed by atoms with van der Waals surface area (Å²) < 4.78 is 5.37. The molecule has 14 heavy (non-hydrogen) atoms. The Hall–Kier alpha value is -0.980. The van der Waals surface area contributed by atoms with E-state index in [0.717, 1.165) is 5.56 Å². The van der Waals surface area contributed by atoms with E-state index in [1.165, 1.54) is 11.3 Å². The van der Waals surface area contributed by atoms with Crippen molar-refractivity contribution < 1.29 is 9.53 Å². The minimum Gasteiger partial charge on any atom is -0.465 e. The largest absolute Gasteiger partial charge is 0.465 e. The summed E-state index contributed by atoms with van der Waals surface area (Å²) in [5.41, 5.74) is 0.765. The summed E-state index contributed by atoms with van der Waals surface area (Å²) in [6.07, 6.45) is 0.111. The maximum Gasteiger partial charge on any atom is 0.317 e. The Kier molecular flexibility index (Phi) is 4.51. The molecule has 0 aliphatic carbocycles. The number of hydrogen-bond donors (Lipinski definition) is 0. The van der Waals surface area contributed by atoms with E-state index in [2.05, 4.69) is 11.8 Å². The quantitative estimate of drug-likeness (QED) is 0.575. The molecule has 0 N–H and O–H groups in total. The van der Waals surface area contributed by atoms with Gasteiger partial charge in [-0.25, -0.2) is 0 Å². The number of esters is 1. The van der Waals surface area contributed by atoms with Crippen LogP contribution in [0.1, 0.15) is 18.9 Å². The van der Waals surface area contributed by atoms with E-state index in [-0.39, 0.29) is 12.4 Å². The molecule has 0 fully saturated rings. The van der Waals surface area contributed by atoms with E-state index in [9.17, 15) is 4.79 Å². The summed E-state index contributed by atoms with van der Waals surface area (Å²) in [6.45, 7) is 2.15. The van der Waals surface area contributed by atoms with Gasteiger partial charge >= 0.3 is 5.97 Å². The predicted octanol–water partition coefficient (Wildman–Crippen LogP) is 2.71. The molecular weight excluding hydrogens is 220 g/mol. The van der Waals surface area contributed by atoms with Crippen molar-refractivity contribution in [3.8, 4) is 11.8 Å². The molecule has 0 aromatic carbocycles. The summed E-state index contributed by atoms with van der Waals surface area (Å²) in [5, 5.41) is 1.86. The molecular formula is C10H9ClO2S. The third kappa shape index (κ3) is 3.41. The maximum absolute atomic E-state index is 10.9. The monoisotopic (exact) mass is 228 g/mol. The van der Waals surface area contributed by atoms with Crippen LogP contribution in [0.15, 0.2) is 11.4 Å². The SMILES string of the molecule is CCOC(=O)CC#Cc1ccsc1Cl. The van der Waals surface area contributed by atoms with Crippen molar-refractivity contribution in [3.63, 3.8) is 0 Å². The molecule has 0 unspecified atom stereocenters. The van der Waals surface area contributed by atoms with E-state index in [4.69, 9.17) is 16.3 Å². The van der Waals surface area contributed by atoms with Crippen molar-refractivity contribution in [2.75, 3.05) is 6.61 Å². The van der Waals surface area contributed by atoms with Gasteiger partial charge in [0.05, 0.1) is 12.2 Å². The van der Waals surface area contributed by atoms with Crippen LogP contribution in [-0.4, -0.2) is 12.6 Å². The summed E-state index contributed by atoms with van der Waals surface area (Å²) in [7, 11) is 0. The first kappa shape index (κ1) is 11.1. The minimum atomic E-state index is -0.300. The Bertz CT molecular complexity index is 373. The Morgan fingerprint density at radius 2 is 2.50 bits per heavy atom. The van der Waals surface area contributed by atoms with Crippen molar-refractivity contribution in [3.05, 3.63) is 21.3 Å². The lowest BCUT2D eigenvalue weighted by atomic mass is 10.3. The van der Waals surface area contributed by atoms with Crippen LogP contribution in [0.25, 0.3) is 0 Å². The zero-order chi connectivity index (χ0) is 10.4. The number of hydrogen-bond acceptors (Lipinski definition) is 3. The van der Waals surface area contributed by atoms with Crippen molar-refractivity contribution in [1.82, 2.24) is 0 Å². The first-order valence-electron chi connectivity index (χ1n) is 4.11. The summed E-state index contributed by atoms with van der Waals surface area (Å²) in [6, 6.07) is 1.82. The van der Waals surface area contributed by atoms with E-state index in [1.54, 1.807) is 6.92 Å². The lowest BCUT2D eigenvalue weighted by Crippen LogP contribution is -2.01. The normalized spacial score (nSPS) is 9.00. The topological polar surface area (TPSA) is 26.3 Å². The second-order valence-electron chi connectivity index (χ2n) is 2.39. The molecule has 0 spiro atoms. The standard InChI is InChI=1S/C10H9ClO2S/c1-2-13-9(12)5-3-4-8-6-7-14-10(8)11/h6-7H,2,5H2,1H3. The average molecular weight is 229 g/mol. The van der Waals surface area contributed by atoms with Gasteiger partial charge in [-0.1, -0.05) is 23.4 Å². The lowest BCUT2D eigenvalue weighted by Gasteiger charge is -1.94. The Labute approximate surface area is 91.8 Å². The van der Waals surface area contributed by atoms with Gasteiger partial charge in [0, 0.05) is 0 Å². The van der Waals surface area contributed by atoms with Crippen LogP contribution in [0.3, 0.4) is 0 Å². The van der Waals surface area contributed by atoms with Crippen LogP contribution in [0.4, 0.5) is 0 Å². The Balaban J connectivity index is 2.49. The fraction of sp³-hybridized carbons (Fsp3) is 0.300. The maximum atomic E-state index is 10.9. The highest BCUT2D eigenvalue weighted by atomic mass is 35.5. The van der Waals surface area contributed by atoms with Crippen LogP contribution in [0.2, 0.25) is 4.34 Å². The molecule has 1 aromatic heterocycles. The molecule has 0 radical (unpaired) electrons. The molecule has 2 nitrogen and oxygen atoms in total. The highest BCUT2D eigenvalue weighted by Gasteiger charge is 1.98. The third-order valence-electron chi connectivity index (χ3n) is 1.38. The molecule has 0 atom stereocenters. The number of rotatable bonds is 2. The number of ether oxygens (including phenoxy) is 1. The van der Waals surface area contributed by atoms with Gasteiger partial charge in [0.2, 0.25) is 0 Å². The fourth-order valence-electron chi connectivity index (χ4n) is 0.805. The van der Waals surface area contributed by atoms with Gasteiger partial charge in [0.15, 0.2) is 0 Å². The molecule has 0 saturated carbocycles.